The van der Waals surface area contributed by atoms with Crippen molar-refractivity contribution in [3.63, 3.8) is 0 Å². The molecule has 22 heavy (non-hydrogen) atoms. The number of hydrogen-bond acceptors (Lipinski definition) is 3. The number of nitrogens with zero attached hydrogens (tertiary/aromatic N) is 1. The van der Waals surface area contributed by atoms with Crippen molar-refractivity contribution in [2.75, 3.05) is 10.6 Å². The van der Waals surface area contributed by atoms with Gasteiger partial charge in [-0.2, -0.15) is 5.26 Å². The van der Waals surface area contributed by atoms with Gasteiger partial charge >= 0.3 is 0 Å². The summed E-state index contributed by atoms with van der Waals surface area (Å²) in [7, 11) is 0. The lowest BCUT2D eigenvalue weighted by atomic mass is 10.2. The maximum absolute atomic E-state index is 12.8. The molecule has 0 heterocycles. The summed E-state index contributed by atoms with van der Waals surface area (Å²) in [6, 6.07) is 14.7. The number of aryl methyl sites for hydroxylation is 1. The van der Waals surface area contributed by atoms with Crippen LogP contribution in [0, 0.1) is 24.1 Å². The zero-order valence-corrected chi connectivity index (χ0v) is 11.9. The van der Waals surface area contributed by atoms with E-state index in [2.05, 4.69) is 10.6 Å². The van der Waals surface area contributed by atoms with E-state index in [0.717, 1.165) is 11.3 Å². The SMILES string of the molecule is Cc1cccc(N/C=C(/C#N)C(=O)Nc2ccc(F)cc2)c1. The van der Waals surface area contributed by atoms with Crippen LogP contribution in [0.5, 0.6) is 0 Å². The van der Waals surface area contributed by atoms with Crippen LogP contribution in [-0.4, -0.2) is 5.91 Å². The van der Waals surface area contributed by atoms with Gasteiger partial charge in [0, 0.05) is 17.6 Å². The van der Waals surface area contributed by atoms with Crippen LogP contribution in [0.25, 0.3) is 0 Å². The summed E-state index contributed by atoms with van der Waals surface area (Å²) in [5, 5.41) is 14.5. The van der Waals surface area contributed by atoms with Crippen LogP contribution >= 0.6 is 0 Å². The third-order valence-electron chi connectivity index (χ3n) is 2.87. The molecule has 5 heteroatoms. The molecule has 0 aliphatic carbocycles. The molecule has 0 saturated heterocycles. The van der Waals surface area contributed by atoms with Gasteiger partial charge in [-0.15, -0.1) is 0 Å². The summed E-state index contributed by atoms with van der Waals surface area (Å²) in [6.45, 7) is 1.95. The molecule has 2 aromatic carbocycles. The van der Waals surface area contributed by atoms with E-state index in [1.165, 1.54) is 30.5 Å². The Balaban J connectivity index is 2.07. The van der Waals surface area contributed by atoms with E-state index < -0.39 is 11.7 Å². The van der Waals surface area contributed by atoms with Crippen molar-refractivity contribution in [2.24, 2.45) is 0 Å². The number of nitriles is 1. The minimum absolute atomic E-state index is 0.0779. The molecule has 0 saturated carbocycles. The van der Waals surface area contributed by atoms with Crippen molar-refractivity contribution in [1.29, 1.82) is 5.26 Å². The van der Waals surface area contributed by atoms with E-state index in [1.54, 1.807) is 0 Å². The van der Waals surface area contributed by atoms with E-state index in [1.807, 2.05) is 37.3 Å². The molecule has 0 fully saturated rings. The normalized spacial score (nSPS) is 10.7. The van der Waals surface area contributed by atoms with Gasteiger partial charge in [0.2, 0.25) is 0 Å². The van der Waals surface area contributed by atoms with E-state index >= 15 is 0 Å². The van der Waals surface area contributed by atoms with Crippen molar-refractivity contribution in [3.05, 3.63) is 71.7 Å². The molecule has 0 spiro atoms. The number of rotatable bonds is 4. The summed E-state index contributed by atoms with van der Waals surface area (Å²) in [4.78, 5) is 12.0. The maximum atomic E-state index is 12.8. The lowest BCUT2D eigenvalue weighted by Crippen LogP contribution is -2.14. The fourth-order valence-electron chi connectivity index (χ4n) is 1.77. The standard InChI is InChI=1S/C17H14FN3O/c1-12-3-2-4-16(9-12)20-11-13(10-19)17(22)21-15-7-5-14(18)6-8-15/h2-9,11,20H,1H3,(H,21,22)/b13-11-. The predicted octanol–water partition coefficient (Wildman–Crippen LogP) is 3.59. The molecule has 110 valence electrons. The van der Waals surface area contributed by atoms with Crippen LogP contribution in [0.2, 0.25) is 0 Å². The molecule has 0 aliphatic rings. The van der Waals surface area contributed by atoms with E-state index in [0.29, 0.717) is 5.69 Å². The van der Waals surface area contributed by atoms with Gasteiger partial charge < -0.3 is 10.6 Å². The predicted molar refractivity (Wildman–Crippen MR) is 83.5 cm³/mol. The molecule has 2 rings (SSSR count). The highest BCUT2D eigenvalue weighted by Crippen LogP contribution is 2.12. The van der Waals surface area contributed by atoms with Crippen LogP contribution in [0.4, 0.5) is 15.8 Å². The quantitative estimate of drug-likeness (QED) is 0.669. The molecule has 0 aliphatic heterocycles. The van der Waals surface area contributed by atoms with Gasteiger partial charge in [-0.1, -0.05) is 12.1 Å². The molecular weight excluding hydrogens is 281 g/mol. The van der Waals surface area contributed by atoms with E-state index in [9.17, 15) is 9.18 Å². The Morgan fingerprint density at radius 1 is 1.18 bits per heavy atom. The first kappa shape index (κ1) is 15.3. The summed E-state index contributed by atoms with van der Waals surface area (Å²) in [5.74, 6) is -0.954. The number of anilines is 2. The second-order valence-electron chi connectivity index (χ2n) is 4.64. The topological polar surface area (TPSA) is 64.9 Å². The zero-order valence-electron chi connectivity index (χ0n) is 11.9. The Morgan fingerprint density at radius 2 is 1.91 bits per heavy atom. The van der Waals surface area contributed by atoms with Gasteiger partial charge in [-0.3, -0.25) is 4.79 Å². The van der Waals surface area contributed by atoms with Crippen LogP contribution in [0.3, 0.4) is 0 Å². The summed E-state index contributed by atoms with van der Waals surface area (Å²) in [6.07, 6.45) is 1.34. The van der Waals surface area contributed by atoms with Gasteiger partial charge in [0.15, 0.2) is 0 Å². The second kappa shape index (κ2) is 7.04. The first-order valence-corrected chi connectivity index (χ1v) is 6.59. The fraction of sp³-hybridized carbons (Fsp3) is 0.0588. The van der Waals surface area contributed by atoms with Crippen molar-refractivity contribution in [2.45, 2.75) is 6.92 Å². The molecule has 2 N–H and O–H groups in total. The Morgan fingerprint density at radius 3 is 2.55 bits per heavy atom. The Kier molecular flexibility index (Phi) is 4.89. The number of halogens is 1. The number of amides is 1. The molecular formula is C17H14FN3O. The van der Waals surface area contributed by atoms with Crippen LogP contribution < -0.4 is 10.6 Å². The van der Waals surface area contributed by atoms with E-state index in [-0.39, 0.29) is 5.57 Å². The molecule has 1 amide bonds. The van der Waals surface area contributed by atoms with Gasteiger partial charge in [-0.25, -0.2) is 4.39 Å². The van der Waals surface area contributed by atoms with E-state index in [4.69, 9.17) is 5.26 Å². The third kappa shape index (κ3) is 4.18. The Bertz CT molecular complexity index is 745. The van der Waals surface area contributed by atoms with Gasteiger partial charge in [0.25, 0.3) is 5.91 Å². The number of nitrogens with one attached hydrogen (secondary N) is 2. The first-order valence-electron chi connectivity index (χ1n) is 6.59. The smallest absolute Gasteiger partial charge is 0.267 e. The highest BCUT2D eigenvalue weighted by atomic mass is 19.1. The lowest BCUT2D eigenvalue weighted by Gasteiger charge is -2.05. The average Bonchev–Trinajstić information content (AvgIpc) is 2.50. The highest BCUT2D eigenvalue weighted by Gasteiger charge is 2.09. The van der Waals surface area contributed by atoms with Crippen molar-refractivity contribution < 1.29 is 9.18 Å². The molecule has 0 unspecified atom stereocenters. The molecule has 4 nitrogen and oxygen atoms in total. The number of hydrogen-bond donors (Lipinski definition) is 2. The fourth-order valence-corrected chi connectivity index (χ4v) is 1.77. The summed E-state index contributed by atoms with van der Waals surface area (Å²) >= 11 is 0. The summed E-state index contributed by atoms with van der Waals surface area (Å²) < 4.78 is 12.8. The van der Waals surface area contributed by atoms with Crippen LogP contribution in [0.1, 0.15) is 5.56 Å². The lowest BCUT2D eigenvalue weighted by molar-refractivity contribution is -0.112. The second-order valence-corrected chi connectivity index (χ2v) is 4.64. The Hall–Kier alpha value is -3.13. The van der Waals surface area contributed by atoms with Gasteiger partial charge in [0.1, 0.15) is 17.5 Å². The first-order chi connectivity index (χ1) is 10.6. The molecule has 0 atom stereocenters. The average molecular weight is 295 g/mol. The molecule has 0 bridgehead atoms. The van der Waals surface area contributed by atoms with Crippen molar-refractivity contribution >= 4 is 17.3 Å². The van der Waals surface area contributed by atoms with Crippen molar-refractivity contribution in [1.82, 2.24) is 0 Å². The summed E-state index contributed by atoms with van der Waals surface area (Å²) in [5.41, 5.74) is 2.18. The number of carbonyl (C=O) groups excluding carboxylic acids is 1. The van der Waals surface area contributed by atoms with Crippen molar-refractivity contribution in [3.8, 4) is 6.07 Å². The molecule has 0 radical (unpaired) electrons. The maximum Gasteiger partial charge on any atom is 0.267 e. The molecule has 2 aromatic rings. The van der Waals surface area contributed by atoms with Gasteiger partial charge in [0.05, 0.1) is 0 Å². The highest BCUT2D eigenvalue weighted by molar-refractivity contribution is 6.06. The van der Waals surface area contributed by atoms with Crippen LogP contribution in [0.15, 0.2) is 60.3 Å². The van der Waals surface area contributed by atoms with Crippen LogP contribution in [-0.2, 0) is 4.79 Å². The van der Waals surface area contributed by atoms with Gasteiger partial charge in [-0.05, 0) is 48.9 Å². The zero-order chi connectivity index (χ0) is 15.9. The molecule has 0 aromatic heterocycles. The number of benzene rings is 2. The number of carbonyl (C=O) groups is 1. The third-order valence-corrected chi connectivity index (χ3v) is 2.87. The largest absolute Gasteiger partial charge is 0.360 e. The Labute approximate surface area is 127 Å². The minimum atomic E-state index is -0.561. The minimum Gasteiger partial charge on any atom is -0.360 e. The monoisotopic (exact) mass is 295 g/mol.